The highest BCUT2D eigenvalue weighted by Crippen LogP contribution is 2.19. The summed E-state index contributed by atoms with van der Waals surface area (Å²) in [5, 5.41) is 23.4. The summed E-state index contributed by atoms with van der Waals surface area (Å²) < 4.78 is 5.49. The molecule has 0 aliphatic heterocycles. The molecule has 0 aliphatic carbocycles. The highest BCUT2D eigenvalue weighted by atomic mass is 16.5. The smallest absolute Gasteiger partial charge is 0.305 e. The van der Waals surface area contributed by atoms with Crippen LogP contribution in [0.3, 0.4) is 0 Å². The molecule has 6 heteroatoms. The number of rotatable bonds is 68. The Kier molecular flexibility index (Phi) is 67.9. The van der Waals surface area contributed by atoms with Crippen molar-refractivity contribution in [1.29, 1.82) is 0 Å². The average molecular weight is 1120 g/mol. The minimum atomic E-state index is -0.663. The van der Waals surface area contributed by atoms with Crippen LogP contribution in [0.15, 0.2) is 36.5 Å². The van der Waals surface area contributed by atoms with Crippen molar-refractivity contribution in [3.05, 3.63) is 36.5 Å². The lowest BCUT2D eigenvalue weighted by molar-refractivity contribution is -0.143. The van der Waals surface area contributed by atoms with Gasteiger partial charge in [-0.2, -0.15) is 0 Å². The second-order valence-electron chi connectivity index (χ2n) is 24.9. The molecule has 80 heavy (non-hydrogen) atoms. The Bertz CT molecular complexity index is 1300. The van der Waals surface area contributed by atoms with Crippen LogP contribution >= 0.6 is 0 Å². The third kappa shape index (κ3) is 65.2. The first-order valence-electron chi connectivity index (χ1n) is 36.2. The SMILES string of the molecule is CCCCC/C=C\C/C=C\CCCCCCCC(=O)OCCCCCCCCCCCCCC/C=C\CCCCCCCCCCCCCCCCCC(=O)NC(CO)C(O)CCCCCCCCCCCCCCCCCCC. The highest BCUT2D eigenvalue weighted by molar-refractivity contribution is 5.76. The van der Waals surface area contributed by atoms with E-state index >= 15 is 0 Å². The van der Waals surface area contributed by atoms with Gasteiger partial charge in [-0.05, 0) is 83.5 Å². The molecule has 0 bridgehead atoms. The maximum Gasteiger partial charge on any atom is 0.305 e. The van der Waals surface area contributed by atoms with Gasteiger partial charge >= 0.3 is 5.97 Å². The molecule has 0 aromatic carbocycles. The van der Waals surface area contributed by atoms with Gasteiger partial charge in [-0.3, -0.25) is 9.59 Å². The summed E-state index contributed by atoms with van der Waals surface area (Å²) in [6, 6.07) is -0.540. The molecule has 3 N–H and O–H groups in total. The van der Waals surface area contributed by atoms with Gasteiger partial charge in [0.25, 0.3) is 0 Å². The molecule has 0 heterocycles. The maximum absolute atomic E-state index is 12.5. The van der Waals surface area contributed by atoms with E-state index in [9.17, 15) is 19.8 Å². The lowest BCUT2D eigenvalue weighted by Crippen LogP contribution is -2.45. The summed E-state index contributed by atoms with van der Waals surface area (Å²) >= 11 is 0. The van der Waals surface area contributed by atoms with Gasteiger partial charge in [0, 0.05) is 12.8 Å². The first kappa shape index (κ1) is 78.1. The molecule has 0 rings (SSSR count). The van der Waals surface area contributed by atoms with Gasteiger partial charge in [-0.1, -0.05) is 339 Å². The van der Waals surface area contributed by atoms with Crippen molar-refractivity contribution in [3.63, 3.8) is 0 Å². The lowest BCUT2D eigenvalue weighted by Gasteiger charge is -2.22. The number of aliphatic hydroxyl groups is 2. The Hall–Kier alpha value is -1.92. The normalized spacial score (nSPS) is 12.7. The molecule has 1 amide bonds. The van der Waals surface area contributed by atoms with Crippen LogP contribution in [-0.2, 0) is 14.3 Å². The zero-order valence-corrected chi connectivity index (χ0v) is 54.1. The maximum atomic E-state index is 12.5. The second kappa shape index (κ2) is 69.6. The second-order valence-corrected chi connectivity index (χ2v) is 24.9. The molecule has 0 saturated heterocycles. The third-order valence-corrected chi connectivity index (χ3v) is 16.9. The summed E-state index contributed by atoms with van der Waals surface area (Å²) in [7, 11) is 0. The molecule has 6 nitrogen and oxygen atoms in total. The van der Waals surface area contributed by atoms with Crippen LogP contribution in [-0.4, -0.2) is 47.4 Å². The van der Waals surface area contributed by atoms with Crippen LogP contribution in [0.2, 0.25) is 0 Å². The number of ether oxygens (including phenoxy) is 1. The lowest BCUT2D eigenvalue weighted by atomic mass is 10.0. The number of carbonyl (C=O) groups is 2. The summed E-state index contributed by atoms with van der Waals surface area (Å²) in [5.41, 5.74) is 0. The Morgan fingerprint density at radius 2 is 0.625 bits per heavy atom. The van der Waals surface area contributed by atoms with Crippen molar-refractivity contribution in [1.82, 2.24) is 5.32 Å². The molecule has 2 atom stereocenters. The van der Waals surface area contributed by atoms with E-state index in [1.165, 1.54) is 315 Å². The topological polar surface area (TPSA) is 95.9 Å². The summed E-state index contributed by atoms with van der Waals surface area (Å²) in [5.74, 6) is -0.0255. The van der Waals surface area contributed by atoms with Crippen LogP contribution in [0.5, 0.6) is 0 Å². The van der Waals surface area contributed by atoms with Crippen LogP contribution in [0, 0.1) is 0 Å². The zero-order valence-electron chi connectivity index (χ0n) is 54.1. The van der Waals surface area contributed by atoms with Crippen molar-refractivity contribution in [2.24, 2.45) is 0 Å². The Balaban J connectivity index is 3.36. The molecule has 0 aliphatic rings. The van der Waals surface area contributed by atoms with Gasteiger partial charge in [0.05, 0.1) is 25.4 Å². The molecule has 0 fully saturated rings. The molecule has 0 spiro atoms. The van der Waals surface area contributed by atoms with Gasteiger partial charge in [-0.25, -0.2) is 0 Å². The predicted molar refractivity (Wildman–Crippen MR) is 352 cm³/mol. The Labute approximate surface area is 500 Å². The van der Waals surface area contributed by atoms with Crippen molar-refractivity contribution in [2.75, 3.05) is 13.2 Å². The van der Waals surface area contributed by atoms with E-state index in [-0.39, 0.29) is 18.5 Å². The number of nitrogens with one attached hydrogen (secondary N) is 1. The molecule has 0 aromatic rings. The minimum Gasteiger partial charge on any atom is -0.466 e. The van der Waals surface area contributed by atoms with Gasteiger partial charge in [0.2, 0.25) is 5.91 Å². The van der Waals surface area contributed by atoms with E-state index in [0.717, 1.165) is 51.4 Å². The number of aliphatic hydroxyl groups excluding tert-OH is 2. The highest BCUT2D eigenvalue weighted by Gasteiger charge is 2.20. The number of hydrogen-bond donors (Lipinski definition) is 3. The summed E-state index contributed by atoms with van der Waals surface area (Å²) in [6.07, 6.45) is 89.2. The standard InChI is InChI=1S/C74H141NO5/c1-3-5-7-9-11-13-15-17-19-35-39-42-46-50-54-58-62-66-72(77)71(70-76)75-73(78)67-63-59-55-51-47-43-40-36-33-31-29-27-25-23-21-20-22-24-26-28-30-32-34-37-41-45-49-53-57-61-65-69-80-74(79)68-64-60-56-52-48-44-38-18-16-14-12-10-8-6-4-2/h12,14,18,22,24,38,71-72,76-77H,3-11,13,15-17,19-21,23,25-37,39-70H2,1-2H3,(H,75,78)/b14-12-,24-22-,38-18-. The molecule has 2 unspecified atom stereocenters. The minimum absolute atomic E-state index is 0.00405. The van der Waals surface area contributed by atoms with Crippen LogP contribution in [0.4, 0.5) is 0 Å². The summed E-state index contributed by atoms with van der Waals surface area (Å²) in [6.45, 7) is 4.95. The first-order valence-corrected chi connectivity index (χ1v) is 36.2. The first-order chi connectivity index (χ1) is 39.5. The number of unbranched alkanes of at least 4 members (excludes halogenated alkanes) is 51. The van der Waals surface area contributed by atoms with E-state index in [2.05, 4.69) is 55.6 Å². The van der Waals surface area contributed by atoms with Gasteiger partial charge < -0.3 is 20.3 Å². The average Bonchev–Trinajstić information content (AvgIpc) is 3.46. The fourth-order valence-electron chi connectivity index (χ4n) is 11.4. The molecule has 0 radical (unpaired) electrons. The largest absolute Gasteiger partial charge is 0.466 e. The van der Waals surface area contributed by atoms with Crippen LogP contribution in [0.1, 0.15) is 399 Å². The number of amides is 1. The van der Waals surface area contributed by atoms with E-state index in [0.29, 0.717) is 25.9 Å². The van der Waals surface area contributed by atoms with Crippen molar-refractivity contribution in [2.45, 2.75) is 411 Å². The van der Waals surface area contributed by atoms with E-state index in [1.807, 2.05) is 0 Å². The number of hydrogen-bond acceptors (Lipinski definition) is 5. The number of esters is 1. The van der Waals surface area contributed by atoms with Crippen molar-refractivity contribution >= 4 is 11.9 Å². The Morgan fingerprint density at radius 1 is 0.350 bits per heavy atom. The molecule has 0 saturated carbocycles. The van der Waals surface area contributed by atoms with E-state index in [1.54, 1.807) is 0 Å². The predicted octanol–water partition coefficient (Wildman–Crippen LogP) is 23.5. The van der Waals surface area contributed by atoms with Gasteiger partial charge in [-0.15, -0.1) is 0 Å². The fourth-order valence-corrected chi connectivity index (χ4v) is 11.4. The molecule has 472 valence electrons. The van der Waals surface area contributed by atoms with Crippen LogP contribution in [0.25, 0.3) is 0 Å². The summed E-state index contributed by atoms with van der Waals surface area (Å²) in [4.78, 5) is 24.6. The number of carbonyl (C=O) groups excluding carboxylic acids is 2. The van der Waals surface area contributed by atoms with E-state index < -0.39 is 12.1 Å². The zero-order chi connectivity index (χ0) is 57.8. The van der Waals surface area contributed by atoms with Gasteiger partial charge in [0.1, 0.15) is 0 Å². The quantitative estimate of drug-likeness (QED) is 0.0320. The Morgan fingerprint density at radius 3 is 0.988 bits per heavy atom. The van der Waals surface area contributed by atoms with Crippen molar-refractivity contribution in [3.8, 4) is 0 Å². The van der Waals surface area contributed by atoms with Gasteiger partial charge in [0.15, 0.2) is 0 Å². The fraction of sp³-hybridized carbons (Fsp3) is 0.892. The monoisotopic (exact) mass is 1120 g/mol. The van der Waals surface area contributed by atoms with E-state index in [4.69, 9.17) is 4.74 Å². The van der Waals surface area contributed by atoms with Crippen LogP contribution < -0.4 is 5.32 Å². The molecule has 0 aromatic heterocycles. The molecular weight excluding hydrogens is 983 g/mol. The van der Waals surface area contributed by atoms with Crippen molar-refractivity contribution < 1.29 is 24.5 Å². The molecular formula is C74H141NO5. The number of allylic oxidation sites excluding steroid dienone is 6. The third-order valence-electron chi connectivity index (χ3n) is 16.9.